The zero-order valence-electron chi connectivity index (χ0n) is 14.8. The number of fused-ring (bicyclic) bond motifs is 5. The number of ether oxygens (including phenoxy) is 1. The number of ketones is 1. The van der Waals surface area contributed by atoms with E-state index in [2.05, 4.69) is 5.32 Å². The second kappa shape index (κ2) is 5.08. The first-order valence-corrected chi connectivity index (χ1v) is 8.50. The van der Waals surface area contributed by atoms with E-state index in [1.165, 1.54) is 6.92 Å². The molecule has 0 spiro atoms. The monoisotopic (exact) mass is 352 g/mol. The number of nitrogens with one attached hydrogen (secondary N) is 1. The van der Waals surface area contributed by atoms with Gasteiger partial charge in [0.15, 0.2) is 0 Å². The summed E-state index contributed by atoms with van der Waals surface area (Å²) in [5.41, 5.74) is 6.37. The number of rotatable bonds is 2. The Kier molecular flexibility index (Phi) is 3.24. The molecular weight excluding hydrogens is 332 g/mol. The van der Waals surface area contributed by atoms with Crippen molar-refractivity contribution in [2.75, 3.05) is 5.73 Å². The molecule has 0 saturated carbocycles. The van der Waals surface area contributed by atoms with Crippen LogP contribution in [0.1, 0.15) is 53.7 Å². The highest BCUT2D eigenvalue weighted by atomic mass is 16.6. The van der Waals surface area contributed by atoms with Gasteiger partial charge in [-0.1, -0.05) is 38.1 Å². The lowest BCUT2D eigenvalue weighted by atomic mass is 9.82. The number of carbonyl (C=O) groups excluding carboxylic acids is 2. The minimum atomic E-state index is -2.04. The summed E-state index contributed by atoms with van der Waals surface area (Å²) in [6.45, 7) is 5.38. The molecule has 2 aromatic carbocycles. The molecule has 2 aromatic rings. The highest BCUT2D eigenvalue weighted by molar-refractivity contribution is 6.15. The normalized spacial score (nSPS) is 25.5. The predicted molar refractivity (Wildman–Crippen MR) is 95.7 cm³/mol. The second-order valence-corrected chi connectivity index (χ2v) is 7.19. The fourth-order valence-electron chi connectivity index (χ4n) is 4.01. The van der Waals surface area contributed by atoms with Crippen LogP contribution in [-0.4, -0.2) is 16.8 Å². The molecule has 0 saturated heterocycles. The number of amides is 1. The van der Waals surface area contributed by atoms with E-state index in [-0.39, 0.29) is 22.7 Å². The summed E-state index contributed by atoms with van der Waals surface area (Å²) in [6, 6.07) is 10.3. The fourth-order valence-corrected chi connectivity index (χ4v) is 4.01. The van der Waals surface area contributed by atoms with Crippen LogP contribution >= 0.6 is 0 Å². The van der Waals surface area contributed by atoms with Crippen LogP contribution in [0.15, 0.2) is 36.4 Å². The summed E-state index contributed by atoms with van der Waals surface area (Å²) in [6.07, 6.45) is 0. The molecule has 2 aliphatic rings. The number of benzene rings is 2. The molecule has 2 atom stereocenters. The van der Waals surface area contributed by atoms with Crippen LogP contribution in [0.5, 0.6) is 5.75 Å². The van der Waals surface area contributed by atoms with E-state index in [1.807, 2.05) is 19.9 Å². The van der Waals surface area contributed by atoms with E-state index in [1.54, 1.807) is 30.3 Å². The number of Topliss-reactive ketones (excluding diaryl/α,β-unsaturated/α-hetero) is 1. The maximum Gasteiger partial charge on any atom is 0.271 e. The van der Waals surface area contributed by atoms with Gasteiger partial charge in [0.25, 0.3) is 5.79 Å². The molecule has 6 nitrogen and oxygen atoms in total. The Hall–Kier alpha value is -2.86. The maximum atomic E-state index is 13.4. The van der Waals surface area contributed by atoms with Crippen molar-refractivity contribution in [1.29, 1.82) is 0 Å². The smallest absolute Gasteiger partial charge is 0.271 e. The standard InChI is InChI=1S/C20H20N2O4/c1-10(2)12-7-8-13-16(9-12)26-20(25)14-5-4-6-15(21)17(14)18(24)19(13,20)22-11(3)23/h4-10,25H,21H2,1-3H3,(H,22,23)/t19?,20-/m1/s1. The molecule has 6 heteroatoms. The molecule has 1 unspecified atom stereocenters. The topological polar surface area (TPSA) is 102 Å². The molecule has 0 bridgehead atoms. The zero-order valence-corrected chi connectivity index (χ0v) is 14.8. The van der Waals surface area contributed by atoms with Crippen molar-refractivity contribution in [3.8, 4) is 5.75 Å². The lowest BCUT2D eigenvalue weighted by Gasteiger charge is -2.34. The van der Waals surface area contributed by atoms with E-state index in [4.69, 9.17) is 10.5 Å². The van der Waals surface area contributed by atoms with Crippen LogP contribution in [0, 0.1) is 0 Å². The van der Waals surface area contributed by atoms with E-state index in [0.717, 1.165) is 5.56 Å². The maximum absolute atomic E-state index is 13.4. The fraction of sp³-hybridized carbons (Fsp3) is 0.300. The number of nitrogens with two attached hydrogens (primary N) is 1. The van der Waals surface area contributed by atoms with Crippen molar-refractivity contribution in [2.24, 2.45) is 0 Å². The lowest BCUT2D eigenvalue weighted by Crippen LogP contribution is -2.59. The van der Waals surface area contributed by atoms with Crippen LogP contribution in [0.25, 0.3) is 0 Å². The van der Waals surface area contributed by atoms with Crippen molar-refractivity contribution in [3.63, 3.8) is 0 Å². The van der Waals surface area contributed by atoms with Gasteiger partial charge in [0, 0.05) is 23.7 Å². The molecule has 134 valence electrons. The molecule has 4 rings (SSSR count). The summed E-state index contributed by atoms with van der Waals surface area (Å²) in [4.78, 5) is 25.4. The molecule has 1 aliphatic carbocycles. The van der Waals surface area contributed by atoms with Crippen LogP contribution in [-0.2, 0) is 16.1 Å². The molecule has 0 aromatic heterocycles. The Morgan fingerprint density at radius 3 is 2.62 bits per heavy atom. The molecule has 0 radical (unpaired) electrons. The number of nitrogen functional groups attached to an aromatic ring is 1. The van der Waals surface area contributed by atoms with Gasteiger partial charge in [0.2, 0.25) is 17.2 Å². The van der Waals surface area contributed by atoms with Crippen LogP contribution in [0.2, 0.25) is 0 Å². The van der Waals surface area contributed by atoms with Crippen LogP contribution in [0.4, 0.5) is 5.69 Å². The Bertz CT molecular complexity index is 968. The van der Waals surface area contributed by atoms with Gasteiger partial charge >= 0.3 is 0 Å². The number of aliphatic hydroxyl groups is 1. The molecule has 0 fully saturated rings. The minimum Gasteiger partial charge on any atom is -0.454 e. The Labute approximate surface area is 151 Å². The Morgan fingerprint density at radius 2 is 1.96 bits per heavy atom. The van der Waals surface area contributed by atoms with Gasteiger partial charge in [-0.25, -0.2) is 0 Å². The summed E-state index contributed by atoms with van der Waals surface area (Å²) in [5, 5.41) is 14.2. The van der Waals surface area contributed by atoms with Gasteiger partial charge in [-0.05, 0) is 23.6 Å². The summed E-state index contributed by atoms with van der Waals surface area (Å²) >= 11 is 0. The van der Waals surface area contributed by atoms with Crippen molar-refractivity contribution >= 4 is 17.4 Å². The van der Waals surface area contributed by atoms with Crippen LogP contribution < -0.4 is 15.8 Å². The Balaban J connectivity index is 2.03. The van der Waals surface area contributed by atoms with Crippen molar-refractivity contribution in [3.05, 3.63) is 58.7 Å². The number of carbonyl (C=O) groups is 2. The lowest BCUT2D eigenvalue weighted by molar-refractivity contribution is -0.175. The first-order chi connectivity index (χ1) is 12.2. The van der Waals surface area contributed by atoms with Gasteiger partial charge in [0.1, 0.15) is 5.75 Å². The molecular formula is C20H20N2O4. The van der Waals surface area contributed by atoms with Gasteiger partial charge in [-0.3, -0.25) is 9.59 Å². The minimum absolute atomic E-state index is 0.183. The zero-order chi connectivity index (χ0) is 18.9. The van der Waals surface area contributed by atoms with Gasteiger partial charge in [0.05, 0.1) is 5.56 Å². The van der Waals surface area contributed by atoms with Crippen molar-refractivity contribution in [2.45, 2.75) is 38.0 Å². The SMILES string of the molecule is CC(=O)NC12C(=O)c3c(N)cccc3[C@@]1(O)Oc1cc(C(C)C)ccc12. The van der Waals surface area contributed by atoms with Crippen molar-refractivity contribution < 1.29 is 19.4 Å². The molecule has 1 aliphatic heterocycles. The number of anilines is 1. The number of hydrogen-bond acceptors (Lipinski definition) is 5. The van der Waals surface area contributed by atoms with Crippen LogP contribution in [0.3, 0.4) is 0 Å². The third-order valence-electron chi connectivity index (χ3n) is 5.24. The predicted octanol–water partition coefficient (Wildman–Crippen LogP) is 2.16. The average Bonchev–Trinajstić information content (AvgIpc) is 2.92. The molecule has 26 heavy (non-hydrogen) atoms. The summed E-state index contributed by atoms with van der Waals surface area (Å²) in [7, 11) is 0. The number of hydrogen-bond donors (Lipinski definition) is 3. The molecule has 1 amide bonds. The quantitative estimate of drug-likeness (QED) is 0.719. The van der Waals surface area contributed by atoms with Gasteiger partial charge in [-0.2, -0.15) is 0 Å². The highest BCUT2D eigenvalue weighted by Gasteiger charge is 2.71. The van der Waals surface area contributed by atoms with Gasteiger partial charge in [-0.15, -0.1) is 0 Å². The van der Waals surface area contributed by atoms with E-state index in [0.29, 0.717) is 11.3 Å². The summed E-state index contributed by atoms with van der Waals surface area (Å²) in [5.74, 6) is -2.34. The third kappa shape index (κ3) is 1.79. The average molecular weight is 352 g/mol. The van der Waals surface area contributed by atoms with E-state index >= 15 is 0 Å². The van der Waals surface area contributed by atoms with E-state index < -0.39 is 23.0 Å². The van der Waals surface area contributed by atoms with E-state index in [9.17, 15) is 14.7 Å². The molecule has 1 heterocycles. The first-order valence-electron chi connectivity index (χ1n) is 8.50. The molecule has 4 N–H and O–H groups in total. The third-order valence-corrected chi connectivity index (χ3v) is 5.24. The Morgan fingerprint density at radius 1 is 1.23 bits per heavy atom. The van der Waals surface area contributed by atoms with Gasteiger partial charge < -0.3 is 20.9 Å². The largest absolute Gasteiger partial charge is 0.454 e. The summed E-state index contributed by atoms with van der Waals surface area (Å²) < 4.78 is 5.93. The van der Waals surface area contributed by atoms with Crippen molar-refractivity contribution in [1.82, 2.24) is 5.32 Å². The second-order valence-electron chi connectivity index (χ2n) is 7.19. The highest BCUT2D eigenvalue weighted by Crippen LogP contribution is 2.59. The first kappa shape index (κ1) is 16.6.